The molecule has 0 aliphatic rings. The third-order valence-electron chi connectivity index (χ3n) is 4.59. The summed E-state index contributed by atoms with van der Waals surface area (Å²) in [6.45, 7) is 2.23. The van der Waals surface area contributed by atoms with E-state index in [4.69, 9.17) is 19.2 Å². The maximum atomic E-state index is 12.5. The molecular formula is C24H19N3O4. The Bertz CT molecular complexity index is 1320. The van der Waals surface area contributed by atoms with Crippen LogP contribution in [0.4, 0.5) is 0 Å². The average molecular weight is 413 g/mol. The topological polar surface area (TPSA) is 96.8 Å². The minimum atomic E-state index is -0.449. The molecular weight excluding hydrogens is 394 g/mol. The lowest BCUT2D eigenvalue weighted by atomic mass is 10.1. The Kier molecular flexibility index (Phi) is 5.81. The Morgan fingerprint density at radius 1 is 1.10 bits per heavy atom. The molecule has 0 bridgehead atoms. The summed E-state index contributed by atoms with van der Waals surface area (Å²) in [6.07, 6.45) is 1.49. The zero-order chi connectivity index (χ0) is 21.6. The molecule has 0 atom stereocenters. The fourth-order valence-corrected chi connectivity index (χ4v) is 3.23. The maximum absolute atomic E-state index is 12.5. The standard InChI is InChI=1S/C24H19N3O4/c1-2-29-22-13-16(7-9-21(22)30-12-11-25)15-26-27-24(28)23-14-19-18-6-4-3-5-17(18)8-10-20(19)31-23/h3-10,13-15H,2,12H2,1H3,(H,27,28)/b26-15+. The lowest BCUT2D eigenvalue weighted by Gasteiger charge is -2.10. The summed E-state index contributed by atoms with van der Waals surface area (Å²) in [6, 6.07) is 20.5. The van der Waals surface area contributed by atoms with Crippen LogP contribution in [0, 0.1) is 11.3 Å². The van der Waals surface area contributed by atoms with Gasteiger partial charge in [-0.1, -0.05) is 30.3 Å². The van der Waals surface area contributed by atoms with Gasteiger partial charge in [0.15, 0.2) is 23.9 Å². The number of nitriles is 1. The highest BCUT2D eigenvalue weighted by Crippen LogP contribution is 2.29. The van der Waals surface area contributed by atoms with E-state index < -0.39 is 5.91 Å². The number of carbonyl (C=O) groups excluding carboxylic acids is 1. The van der Waals surface area contributed by atoms with E-state index in [2.05, 4.69) is 10.5 Å². The van der Waals surface area contributed by atoms with Gasteiger partial charge in [-0.2, -0.15) is 10.4 Å². The molecule has 3 aromatic carbocycles. The Morgan fingerprint density at radius 2 is 1.97 bits per heavy atom. The van der Waals surface area contributed by atoms with E-state index >= 15 is 0 Å². The highest BCUT2D eigenvalue weighted by molar-refractivity contribution is 6.08. The number of hydrogen-bond donors (Lipinski definition) is 1. The zero-order valence-corrected chi connectivity index (χ0v) is 16.8. The zero-order valence-electron chi connectivity index (χ0n) is 16.8. The summed E-state index contributed by atoms with van der Waals surface area (Å²) in [4.78, 5) is 12.5. The Hall–Kier alpha value is -4.31. The van der Waals surface area contributed by atoms with Gasteiger partial charge < -0.3 is 13.9 Å². The molecule has 0 unspecified atom stereocenters. The van der Waals surface area contributed by atoms with Crippen LogP contribution in [0.1, 0.15) is 23.0 Å². The van der Waals surface area contributed by atoms with Crippen molar-refractivity contribution >= 4 is 33.9 Å². The van der Waals surface area contributed by atoms with Gasteiger partial charge in [0.25, 0.3) is 0 Å². The van der Waals surface area contributed by atoms with Crippen LogP contribution < -0.4 is 14.9 Å². The summed E-state index contributed by atoms with van der Waals surface area (Å²) >= 11 is 0. The number of hydrogen-bond acceptors (Lipinski definition) is 6. The molecule has 1 amide bonds. The van der Waals surface area contributed by atoms with Gasteiger partial charge in [-0.15, -0.1) is 0 Å². The third-order valence-corrected chi connectivity index (χ3v) is 4.59. The van der Waals surface area contributed by atoms with Crippen LogP contribution in [0.2, 0.25) is 0 Å². The van der Waals surface area contributed by atoms with Crippen LogP contribution >= 0.6 is 0 Å². The van der Waals surface area contributed by atoms with Crippen LogP contribution in [0.15, 0.2) is 70.2 Å². The van der Waals surface area contributed by atoms with Crippen molar-refractivity contribution in [3.63, 3.8) is 0 Å². The van der Waals surface area contributed by atoms with Crippen LogP contribution in [-0.2, 0) is 0 Å². The van der Waals surface area contributed by atoms with E-state index in [0.717, 1.165) is 16.2 Å². The van der Waals surface area contributed by atoms with Crippen molar-refractivity contribution in [3.05, 3.63) is 72.0 Å². The van der Waals surface area contributed by atoms with E-state index in [9.17, 15) is 4.79 Å². The number of nitrogens with zero attached hydrogens (tertiary/aromatic N) is 2. The minimum Gasteiger partial charge on any atom is -0.490 e. The first-order valence-corrected chi connectivity index (χ1v) is 9.71. The second kappa shape index (κ2) is 9.01. The van der Waals surface area contributed by atoms with Crippen molar-refractivity contribution < 1.29 is 18.7 Å². The van der Waals surface area contributed by atoms with Crippen molar-refractivity contribution in [2.75, 3.05) is 13.2 Å². The number of amides is 1. The monoisotopic (exact) mass is 413 g/mol. The number of furan rings is 1. The van der Waals surface area contributed by atoms with Gasteiger partial charge in [-0.25, -0.2) is 5.43 Å². The number of rotatable bonds is 7. The highest BCUT2D eigenvalue weighted by Gasteiger charge is 2.13. The number of benzene rings is 3. The highest BCUT2D eigenvalue weighted by atomic mass is 16.5. The van der Waals surface area contributed by atoms with Gasteiger partial charge in [0, 0.05) is 5.39 Å². The number of ether oxygens (including phenoxy) is 2. The summed E-state index contributed by atoms with van der Waals surface area (Å²) < 4.78 is 16.6. The van der Waals surface area contributed by atoms with Gasteiger partial charge in [-0.3, -0.25) is 4.79 Å². The minimum absolute atomic E-state index is 0.0731. The fraction of sp³-hybridized carbons (Fsp3) is 0.125. The van der Waals surface area contributed by atoms with Crippen LogP contribution in [0.25, 0.3) is 21.7 Å². The van der Waals surface area contributed by atoms with Gasteiger partial charge in [-0.05, 0) is 53.6 Å². The molecule has 4 rings (SSSR count). The number of fused-ring (bicyclic) bond motifs is 3. The second-order valence-electron chi connectivity index (χ2n) is 6.59. The fourth-order valence-electron chi connectivity index (χ4n) is 3.23. The molecule has 31 heavy (non-hydrogen) atoms. The first-order valence-electron chi connectivity index (χ1n) is 9.71. The smallest absolute Gasteiger partial charge is 0.307 e. The largest absolute Gasteiger partial charge is 0.490 e. The molecule has 7 nitrogen and oxygen atoms in total. The molecule has 0 radical (unpaired) electrons. The van der Waals surface area contributed by atoms with Gasteiger partial charge in [0.1, 0.15) is 11.7 Å². The number of hydrazone groups is 1. The summed E-state index contributed by atoms with van der Waals surface area (Å²) in [7, 11) is 0. The van der Waals surface area contributed by atoms with E-state index in [-0.39, 0.29) is 12.4 Å². The predicted octanol–water partition coefficient (Wildman–Crippen LogP) is 4.65. The van der Waals surface area contributed by atoms with Crippen LogP contribution in [0.3, 0.4) is 0 Å². The Balaban J connectivity index is 1.50. The number of nitrogens with one attached hydrogen (secondary N) is 1. The molecule has 154 valence electrons. The van der Waals surface area contributed by atoms with Crippen molar-refractivity contribution in [1.82, 2.24) is 5.43 Å². The van der Waals surface area contributed by atoms with Gasteiger partial charge >= 0.3 is 5.91 Å². The van der Waals surface area contributed by atoms with Gasteiger partial charge in [0.05, 0.1) is 12.8 Å². The lowest BCUT2D eigenvalue weighted by Crippen LogP contribution is -2.16. The quantitative estimate of drug-likeness (QED) is 0.351. The normalized spacial score (nSPS) is 11.0. The maximum Gasteiger partial charge on any atom is 0.307 e. The lowest BCUT2D eigenvalue weighted by molar-refractivity contribution is 0.0929. The summed E-state index contributed by atoms with van der Waals surface area (Å²) in [5.74, 6) is 0.700. The predicted molar refractivity (Wildman–Crippen MR) is 117 cm³/mol. The van der Waals surface area contributed by atoms with E-state index in [1.54, 1.807) is 24.3 Å². The molecule has 1 aromatic heterocycles. The molecule has 0 saturated heterocycles. The van der Waals surface area contributed by atoms with E-state index in [1.807, 2.05) is 49.4 Å². The SMILES string of the molecule is CCOc1cc(/C=N/NC(=O)c2cc3c(ccc4ccccc43)o2)ccc1OCC#N. The van der Waals surface area contributed by atoms with E-state index in [1.165, 1.54) is 6.21 Å². The first-order chi connectivity index (χ1) is 15.2. The van der Waals surface area contributed by atoms with Crippen molar-refractivity contribution in [2.45, 2.75) is 6.92 Å². The Morgan fingerprint density at radius 3 is 2.81 bits per heavy atom. The number of carbonyl (C=O) groups is 1. The molecule has 0 aliphatic carbocycles. The molecule has 0 spiro atoms. The molecule has 0 saturated carbocycles. The van der Waals surface area contributed by atoms with Crippen LogP contribution in [0.5, 0.6) is 11.5 Å². The Labute approximate surface area is 178 Å². The molecule has 1 heterocycles. The third kappa shape index (κ3) is 4.33. The molecule has 7 heteroatoms. The second-order valence-corrected chi connectivity index (χ2v) is 6.59. The van der Waals surface area contributed by atoms with Crippen molar-refractivity contribution in [1.29, 1.82) is 5.26 Å². The molecule has 1 N–H and O–H groups in total. The van der Waals surface area contributed by atoms with E-state index in [0.29, 0.717) is 29.3 Å². The van der Waals surface area contributed by atoms with Crippen molar-refractivity contribution in [2.24, 2.45) is 5.10 Å². The van der Waals surface area contributed by atoms with Crippen LogP contribution in [-0.4, -0.2) is 25.3 Å². The van der Waals surface area contributed by atoms with Crippen molar-refractivity contribution in [3.8, 4) is 17.6 Å². The van der Waals surface area contributed by atoms with Gasteiger partial charge in [0.2, 0.25) is 0 Å². The average Bonchev–Trinajstić information content (AvgIpc) is 3.24. The summed E-state index contributed by atoms with van der Waals surface area (Å²) in [5, 5.41) is 15.7. The first kappa shape index (κ1) is 20.0. The molecule has 4 aromatic rings. The molecule has 0 fully saturated rings. The summed E-state index contributed by atoms with van der Waals surface area (Å²) in [5.41, 5.74) is 3.82. The molecule has 0 aliphatic heterocycles.